The van der Waals surface area contributed by atoms with E-state index in [1.807, 2.05) is 0 Å². The van der Waals surface area contributed by atoms with Crippen molar-refractivity contribution in [1.82, 2.24) is 10.3 Å². The zero-order valence-corrected chi connectivity index (χ0v) is 14.3. The number of carbonyl (C=O) groups is 2. The number of amides is 1. The molecule has 6 nitrogen and oxygen atoms in total. The highest BCUT2D eigenvalue weighted by Gasteiger charge is 2.24. The van der Waals surface area contributed by atoms with E-state index < -0.39 is 5.97 Å². The predicted molar refractivity (Wildman–Crippen MR) is 92.2 cm³/mol. The maximum Gasteiger partial charge on any atom is 0.360 e. The summed E-state index contributed by atoms with van der Waals surface area (Å²) in [4.78, 5) is 28.6. The summed E-state index contributed by atoms with van der Waals surface area (Å²) in [5.74, 6) is -0.504. The van der Waals surface area contributed by atoms with Crippen molar-refractivity contribution in [2.45, 2.75) is 44.6 Å². The molecule has 0 saturated heterocycles. The van der Waals surface area contributed by atoms with Gasteiger partial charge in [0.1, 0.15) is 0 Å². The summed E-state index contributed by atoms with van der Waals surface area (Å²) in [7, 11) is 1.28. The summed E-state index contributed by atoms with van der Waals surface area (Å²) >= 11 is 0. The van der Waals surface area contributed by atoms with Crippen LogP contribution in [0.25, 0.3) is 11.3 Å². The first-order chi connectivity index (χ1) is 12.2. The van der Waals surface area contributed by atoms with Gasteiger partial charge in [0.15, 0.2) is 17.8 Å². The zero-order valence-electron chi connectivity index (χ0n) is 14.3. The minimum atomic E-state index is -0.595. The summed E-state index contributed by atoms with van der Waals surface area (Å²) in [5, 5.41) is 3.12. The fourth-order valence-corrected chi connectivity index (χ4v) is 3.25. The molecule has 1 fully saturated rings. The molecule has 1 amide bonds. The largest absolute Gasteiger partial charge is 0.464 e. The first kappa shape index (κ1) is 17.2. The molecule has 1 N–H and O–H groups in total. The molecule has 0 radical (unpaired) electrons. The first-order valence-corrected chi connectivity index (χ1v) is 8.62. The molecule has 6 heteroatoms. The second-order valence-electron chi connectivity index (χ2n) is 6.23. The number of ether oxygens (including phenoxy) is 1. The third kappa shape index (κ3) is 3.90. The van der Waals surface area contributed by atoms with Gasteiger partial charge in [0, 0.05) is 11.6 Å². The van der Waals surface area contributed by atoms with E-state index in [9.17, 15) is 9.59 Å². The number of esters is 1. The normalized spacial score (nSPS) is 15.4. The van der Waals surface area contributed by atoms with Crippen LogP contribution in [0.5, 0.6) is 0 Å². The summed E-state index contributed by atoms with van der Waals surface area (Å²) in [5.41, 5.74) is 1.07. The van der Waals surface area contributed by atoms with Crippen molar-refractivity contribution in [2.24, 2.45) is 0 Å². The summed E-state index contributed by atoms with van der Waals surface area (Å²) in [6.45, 7) is 0. The lowest BCUT2D eigenvalue weighted by molar-refractivity contribution is 0.0595. The van der Waals surface area contributed by atoms with Crippen molar-refractivity contribution < 1.29 is 18.7 Å². The van der Waals surface area contributed by atoms with Crippen LogP contribution >= 0.6 is 0 Å². The van der Waals surface area contributed by atoms with Crippen LogP contribution in [-0.2, 0) is 4.74 Å². The van der Waals surface area contributed by atoms with Gasteiger partial charge in [-0.1, -0.05) is 43.9 Å². The van der Waals surface area contributed by atoms with Gasteiger partial charge in [-0.25, -0.2) is 9.78 Å². The van der Waals surface area contributed by atoms with Crippen molar-refractivity contribution >= 4 is 11.9 Å². The minimum absolute atomic E-state index is 0.0669. The Hall–Kier alpha value is -2.63. The zero-order chi connectivity index (χ0) is 17.6. The molecule has 0 aliphatic heterocycles. The number of carbonyl (C=O) groups excluding carboxylic acids is 2. The van der Waals surface area contributed by atoms with Gasteiger partial charge < -0.3 is 14.5 Å². The fourth-order valence-electron chi connectivity index (χ4n) is 3.25. The minimum Gasteiger partial charge on any atom is -0.464 e. The lowest BCUT2D eigenvalue weighted by Crippen LogP contribution is -2.34. The second kappa shape index (κ2) is 7.96. The Balaban J connectivity index is 1.87. The lowest BCUT2D eigenvalue weighted by atomic mass is 10.0. The lowest BCUT2D eigenvalue weighted by Gasteiger charge is -2.17. The smallest absolute Gasteiger partial charge is 0.360 e. The monoisotopic (exact) mass is 342 g/mol. The third-order valence-corrected chi connectivity index (χ3v) is 4.55. The first-order valence-electron chi connectivity index (χ1n) is 8.62. The Morgan fingerprint density at radius 2 is 1.88 bits per heavy atom. The van der Waals surface area contributed by atoms with Gasteiger partial charge in [-0.15, -0.1) is 0 Å². The molecule has 0 bridgehead atoms. The maximum absolute atomic E-state index is 12.8. The van der Waals surface area contributed by atoms with Crippen molar-refractivity contribution in [3.63, 3.8) is 0 Å². The third-order valence-electron chi connectivity index (χ3n) is 4.55. The van der Waals surface area contributed by atoms with E-state index in [1.54, 1.807) is 24.3 Å². The van der Waals surface area contributed by atoms with Crippen molar-refractivity contribution in [3.8, 4) is 11.3 Å². The highest BCUT2D eigenvalue weighted by Crippen LogP contribution is 2.28. The van der Waals surface area contributed by atoms with Gasteiger partial charge in [0.2, 0.25) is 0 Å². The number of oxazole rings is 1. The molecule has 1 aliphatic carbocycles. The van der Waals surface area contributed by atoms with E-state index >= 15 is 0 Å². The van der Waals surface area contributed by atoms with Crippen molar-refractivity contribution in [3.05, 3.63) is 41.9 Å². The van der Waals surface area contributed by atoms with Crippen LogP contribution in [0.3, 0.4) is 0 Å². The highest BCUT2D eigenvalue weighted by molar-refractivity contribution is 6.03. The number of methoxy groups -OCH3 is 1. The van der Waals surface area contributed by atoms with Crippen LogP contribution in [0.4, 0.5) is 0 Å². The Morgan fingerprint density at radius 3 is 2.60 bits per heavy atom. The Bertz CT molecular complexity index is 745. The van der Waals surface area contributed by atoms with Gasteiger partial charge in [0.25, 0.3) is 5.91 Å². The van der Waals surface area contributed by atoms with Crippen LogP contribution in [0, 0.1) is 0 Å². The molecule has 1 heterocycles. The molecule has 0 unspecified atom stereocenters. The van der Waals surface area contributed by atoms with Gasteiger partial charge in [-0.05, 0) is 18.9 Å². The summed E-state index contributed by atoms with van der Waals surface area (Å²) < 4.78 is 10.1. The van der Waals surface area contributed by atoms with E-state index in [2.05, 4.69) is 10.3 Å². The van der Waals surface area contributed by atoms with Gasteiger partial charge >= 0.3 is 5.97 Å². The van der Waals surface area contributed by atoms with Crippen LogP contribution in [0.1, 0.15) is 59.4 Å². The molecular formula is C19H22N2O4. The predicted octanol–water partition coefficient (Wildman–Crippen LogP) is 3.58. The van der Waals surface area contributed by atoms with Crippen LogP contribution in [0.2, 0.25) is 0 Å². The number of hydrogen-bond donors (Lipinski definition) is 1. The average molecular weight is 342 g/mol. The molecule has 1 aromatic heterocycles. The highest BCUT2D eigenvalue weighted by atomic mass is 16.5. The van der Waals surface area contributed by atoms with Crippen LogP contribution in [0.15, 0.2) is 35.1 Å². The van der Waals surface area contributed by atoms with E-state index in [-0.39, 0.29) is 23.4 Å². The fraction of sp³-hybridized carbons (Fsp3) is 0.421. The average Bonchev–Trinajstić information content (AvgIpc) is 2.99. The van der Waals surface area contributed by atoms with Crippen molar-refractivity contribution in [2.75, 3.05) is 7.11 Å². The Kier molecular flexibility index (Phi) is 5.48. The van der Waals surface area contributed by atoms with Crippen molar-refractivity contribution in [1.29, 1.82) is 0 Å². The van der Waals surface area contributed by atoms with Gasteiger partial charge in [-0.2, -0.15) is 0 Å². The maximum atomic E-state index is 12.8. The number of nitrogens with one attached hydrogen (secondary N) is 1. The number of hydrogen-bond acceptors (Lipinski definition) is 5. The van der Waals surface area contributed by atoms with Gasteiger partial charge in [-0.3, -0.25) is 4.79 Å². The van der Waals surface area contributed by atoms with E-state index in [0.29, 0.717) is 11.1 Å². The Labute approximate surface area is 146 Å². The molecular weight excluding hydrogens is 320 g/mol. The molecule has 132 valence electrons. The topological polar surface area (TPSA) is 81.4 Å². The molecule has 0 spiro atoms. The van der Waals surface area contributed by atoms with E-state index in [0.717, 1.165) is 25.7 Å². The molecule has 0 atom stereocenters. The molecule has 25 heavy (non-hydrogen) atoms. The molecule has 3 rings (SSSR count). The second-order valence-corrected chi connectivity index (χ2v) is 6.23. The standard InChI is InChI=1S/C19H22N2O4/c1-24-19(23)16-17(25-12-20-16)14-10-6-7-11-15(14)18(22)21-13-8-4-2-3-5-9-13/h6-7,10-13H,2-5,8-9H2,1H3,(H,21,22). The number of nitrogens with zero attached hydrogens (tertiary/aromatic N) is 1. The SMILES string of the molecule is COC(=O)c1ncoc1-c1ccccc1C(=O)NC1CCCCCC1. The Morgan fingerprint density at radius 1 is 1.16 bits per heavy atom. The molecule has 2 aromatic rings. The molecule has 1 saturated carbocycles. The molecule has 1 aliphatic rings. The van der Waals surface area contributed by atoms with Crippen LogP contribution in [-0.4, -0.2) is 30.0 Å². The van der Waals surface area contributed by atoms with E-state index in [4.69, 9.17) is 9.15 Å². The van der Waals surface area contributed by atoms with Crippen LogP contribution < -0.4 is 5.32 Å². The summed E-state index contributed by atoms with van der Waals surface area (Å²) in [6, 6.07) is 7.25. The summed E-state index contributed by atoms with van der Waals surface area (Å²) in [6.07, 6.45) is 7.92. The van der Waals surface area contributed by atoms with Gasteiger partial charge in [0.05, 0.1) is 12.7 Å². The molecule has 1 aromatic carbocycles. The number of aromatic nitrogens is 1. The quantitative estimate of drug-likeness (QED) is 0.678. The van der Waals surface area contributed by atoms with E-state index in [1.165, 1.54) is 26.3 Å². The number of rotatable bonds is 4. The number of benzene rings is 1.